The summed E-state index contributed by atoms with van der Waals surface area (Å²) in [7, 11) is -1.18. The van der Waals surface area contributed by atoms with Crippen LogP contribution >= 0.6 is 0 Å². The third kappa shape index (κ3) is 3.40. The van der Waals surface area contributed by atoms with Gasteiger partial charge in [0, 0.05) is 11.5 Å². The number of hydrogen-bond acceptors (Lipinski definition) is 6. The van der Waals surface area contributed by atoms with Gasteiger partial charge in [-0.05, 0) is 30.3 Å². The Balaban J connectivity index is 2.00. The van der Waals surface area contributed by atoms with Gasteiger partial charge in [-0.1, -0.05) is 36.4 Å². The highest BCUT2D eigenvalue weighted by Gasteiger charge is 2.28. The van der Waals surface area contributed by atoms with Crippen LogP contribution in [-0.4, -0.2) is 32.4 Å². The smallest absolute Gasteiger partial charge is 0.268 e. The molecule has 0 aliphatic carbocycles. The molecule has 0 saturated heterocycles. The van der Waals surface area contributed by atoms with E-state index >= 15 is 0 Å². The fourth-order valence-electron chi connectivity index (χ4n) is 3.46. The second kappa shape index (κ2) is 7.81. The average Bonchev–Trinajstić information content (AvgIpc) is 3.20. The maximum Gasteiger partial charge on any atom is 0.268 e. The van der Waals surface area contributed by atoms with Gasteiger partial charge < -0.3 is 15.2 Å². The SMILES string of the molecule is COc1cc(OC)c(N)c(C(=O)c2cc3ccccc3n2S(=O)(=O)c2ccccc2)c1. The van der Waals surface area contributed by atoms with Crippen molar-refractivity contribution in [2.75, 3.05) is 20.0 Å². The minimum absolute atomic E-state index is 0.0351. The lowest BCUT2D eigenvalue weighted by atomic mass is 10.0. The number of nitrogens with zero attached hydrogens (tertiary/aromatic N) is 1. The van der Waals surface area contributed by atoms with Crippen molar-refractivity contribution in [2.45, 2.75) is 4.90 Å². The zero-order valence-electron chi connectivity index (χ0n) is 16.9. The predicted octanol–water partition coefficient (Wildman–Crippen LogP) is 3.71. The lowest BCUT2D eigenvalue weighted by Gasteiger charge is -2.14. The maximum atomic E-state index is 13.6. The molecule has 0 unspecified atom stereocenters. The molecule has 1 heterocycles. The first-order chi connectivity index (χ1) is 14.9. The highest BCUT2D eigenvalue weighted by molar-refractivity contribution is 7.90. The standard InChI is InChI=1S/C23H20N2O5S/c1-29-16-13-18(22(24)21(14-16)30-2)23(26)20-12-15-8-6-7-11-19(15)25(20)31(27,28)17-9-4-3-5-10-17/h3-14H,24H2,1-2H3. The molecule has 0 bridgehead atoms. The summed E-state index contributed by atoms with van der Waals surface area (Å²) in [6.45, 7) is 0. The van der Waals surface area contributed by atoms with Crippen LogP contribution in [0.5, 0.6) is 11.5 Å². The largest absolute Gasteiger partial charge is 0.497 e. The van der Waals surface area contributed by atoms with Crippen molar-refractivity contribution in [1.29, 1.82) is 0 Å². The molecule has 4 aromatic rings. The molecule has 0 amide bonds. The van der Waals surface area contributed by atoms with Gasteiger partial charge in [-0.2, -0.15) is 0 Å². The molecule has 158 valence electrons. The molecule has 0 atom stereocenters. The molecule has 31 heavy (non-hydrogen) atoms. The van der Waals surface area contributed by atoms with E-state index < -0.39 is 15.8 Å². The third-order valence-corrected chi connectivity index (χ3v) is 6.74. The number of para-hydroxylation sites is 1. The molecule has 2 N–H and O–H groups in total. The van der Waals surface area contributed by atoms with Crippen molar-refractivity contribution in [3.8, 4) is 11.5 Å². The van der Waals surface area contributed by atoms with Crippen molar-refractivity contribution in [1.82, 2.24) is 3.97 Å². The Hall–Kier alpha value is -3.78. The van der Waals surface area contributed by atoms with Crippen molar-refractivity contribution < 1.29 is 22.7 Å². The topological polar surface area (TPSA) is 101 Å². The van der Waals surface area contributed by atoms with Gasteiger partial charge in [0.2, 0.25) is 5.78 Å². The number of methoxy groups -OCH3 is 2. The Kier molecular flexibility index (Phi) is 5.16. The van der Waals surface area contributed by atoms with Crippen LogP contribution in [0.2, 0.25) is 0 Å². The fourth-order valence-corrected chi connectivity index (χ4v) is 4.99. The minimum atomic E-state index is -4.06. The van der Waals surface area contributed by atoms with Crippen molar-refractivity contribution >= 4 is 32.4 Å². The second-order valence-corrected chi connectivity index (χ2v) is 8.58. The molecular formula is C23H20N2O5S. The van der Waals surface area contributed by atoms with E-state index in [1.54, 1.807) is 54.6 Å². The first-order valence-corrected chi connectivity index (χ1v) is 10.8. The summed E-state index contributed by atoms with van der Waals surface area (Å²) in [6.07, 6.45) is 0. The number of anilines is 1. The van der Waals surface area contributed by atoms with E-state index in [0.717, 1.165) is 3.97 Å². The number of aromatic nitrogens is 1. The minimum Gasteiger partial charge on any atom is -0.497 e. The molecule has 0 fully saturated rings. The van der Waals surface area contributed by atoms with Gasteiger partial charge in [0.25, 0.3) is 10.0 Å². The quantitative estimate of drug-likeness (QED) is 0.365. The number of ether oxygens (including phenoxy) is 2. The Morgan fingerprint density at radius 3 is 2.26 bits per heavy atom. The van der Waals surface area contributed by atoms with E-state index in [1.165, 1.54) is 32.4 Å². The lowest BCUT2D eigenvalue weighted by molar-refractivity contribution is 0.103. The number of fused-ring (bicyclic) bond motifs is 1. The van der Waals surface area contributed by atoms with Crippen LogP contribution in [0.1, 0.15) is 16.1 Å². The number of nitrogen functional groups attached to an aromatic ring is 1. The van der Waals surface area contributed by atoms with Crippen molar-refractivity contribution in [3.63, 3.8) is 0 Å². The van der Waals surface area contributed by atoms with E-state index in [4.69, 9.17) is 15.2 Å². The van der Waals surface area contributed by atoms with E-state index in [9.17, 15) is 13.2 Å². The van der Waals surface area contributed by atoms with Gasteiger partial charge in [0.15, 0.2) is 0 Å². The van der Waals surface area contributed by atoms with Gasteiger partial charge >= 0.3 is 0 Å². The number of carbonyl (C=O) groups is 1. The highest BCUT2D eigenvalue weighted by atomic mass is 32.2. The van der Waals surface area contributed by atoms with Crippen LogP contribution in [-0.2, 0) is 10.0 Å². The summed E-state index contributed by atoms with van der Waals surface area (Å²) >= 11 is 0. The maximum absolute atomic E-state index is 13.6. The number of benzene rings is 3. The van der Waals surface area contributed by atoms with E-state index in [1.807, 2.05) is 0 Å². The first kappa shape index (κ1) is 20.5. The molecule has 7 nitrogen and oxygen atoms in total. The Bertz CT molecular complexity index is 1390. The Morgan fingerprint density at radius 1 is 0.903 bits per heavy atom. The molecule has 0 spiro atoms. The predicted molar refractivity (Wildman–Crippen MR) is 118 cm³/mol. The first-order valence-electron chi connectivity index (χ1n) is 9.35. The number of ketones is 1. The summed E-state index contributed by atoms with van der Waals surface area (Å²) in [4.78, 5) is 13.7. The second-order valence-electron chi connectivity index (χ2n) is 6.79. The summed E-state index contributed by atoms with van der Waals surface area (Å²) in [5, 5.41) is 0.610. The van der Waals surface area contributed by atoms with Gasteiger partial charge in [0.1, 0.15) is 17.2 Å². The molecular weight excluding hydrogens is 416 g/mol. The van der Waals surface area contributed by atoms with Crippen LogP contribution in [0.15, 0.2) is 77.7 Å². The normalized spacial score (nSPS) is 11.4. The fraction of sp³-hybridized carbons (Fsp3) is 0.0870. The molecule has 0 radical (unpaired) electrons. The summed E-state index contributed by atoms with van der Waals surface area (Å²) in [6, 6.07) is 19.4. The number of rotatable bonds is 6. The molecule has 1 aromatic heterocycles. The van der Waals surface area contributed by atoms with Crippen LogP contribution in [0, 0.1) is 0 Å². The number of carbonyl (C=O) groups excluding carboxylic acids is 1. The van der Waals surface area contributed by atoms with Crippen LogP contribution in [0.25, 0.3) is 10.9 Å². The number of hydrogen-bond donors (Lipinski definition) is 1. The third-order valence-electron chi connectivity index (χ3n) is 5.00. The van der Waals surface area contributed by atoms with Crippen molar-refractivity contribution in [2.24, 2.45) is 0 Å². The van der Waals surface area contributed by atoms with E-state index in [0.29, 0.717) is 16.7 Å². The molecule has 0 aliphatic heterocycles. The highest BCUT2D eigenvalue weighted by Crippen LogP contribution is 2.34. The van der Waals surface area contributed by atoms with Gasteiger partial charge in [0.05, 0.1) is 35.9 Å². The lowest BCUT2D eigenvalue weighted by Crippen LogP contribution is -2.19. The van der Waals surface area contributed by atoms with E-state index in [2.05, 4.69) is 0 Å². The van der Waals surface area contributed by atoms with E-state index in [-0.39, 0.29) is 27.6 Å². The summed E-state index contributed by atoms with van der Waals surface area (Å²) in [5.74, 6) is 0.0599. The number of nitrogens with two attached hydrogens (primary N) is 1. The summed E-state index contributed by atoms with van der Waals surface area (Å²) < 4.78 is 38.6. The average molecular weight is 436 g/mol. The molecule has 0 aliphatic rings. The van der Waals surface area contributed by atoms with Crippen LogP contribution in [0.4, 0.5) is 5.69 Å². The van der Waals surface area contributed by atoms with Crippen molar-refractivity contribution in [3.05, 3.63) is 84.1 Å². The molecule has 4 rings (SSSR count). The monoisotopic (exact) mass is 436 g/mol. The zero-order valence-corrected chi connectivity index (χ0v) is 17.7. The van der Waals surface area contributed by atoms with Gasteiger partial charge in [-0.15, -0.1) is 0 Å². The Morgan fingerprint density at radius 2 is 1.58 bits per heavy atom. The summed E-state index contributed by atoms with van der Waals surface area (Å²) in [5.41, 5.74) is 6.70. The zero-order chi connectivity index (χ0) is 22.2. The van der Waals surface area contributed by atoms with Crippen LogP contribution in [0.3, 0.4) is 0 Å². The molecule has 8 heteroatoms. The molecule has 3 aromatic carbocycles. The van der Waals surface area contributed by atoms with Gasteiger partial charge in [-0.3, -0.25) is 4.79 Å². The van der Waals surface area contributed by atoms with Crippen LogP contribution < -0.4 is 15.2 Å². The molecule has 0 saturated carbocycles. The Labute approximate surface area is 179 Å². The van der Waals surface area contributed by atoms with Gasteiger partial charge in [-0.25, -0.2) is 12.4 Å².